The van der Waals surface area contributed by atoms with E-state index in [1.165, 1.54) is 12.8 Å². The van der Waals surface area contributed by atoms with Crippen LogP contribution in [-0.2, 0) is 9.59 Å². The number of nitrogens with zero attached hydrogens (tertiary/aromatic N) is 3. The van der Waals surface area contributed by atoms with E-state index in [1.807, 2.05) is 73.1 Å². The third-order valence-electron chi connectivity index (χ3n) is 6.69. The van der Waals surface area contributed by atoms with E-state index in [1.54, 1.807) is 4.90 Å². The maximum Gasteiger partial charge on any atom is 0.245 e. The minimum atomic E-state index is -0.206. The van der Waals surface area contributed by atoms with Crippen LogP contribution in [0.3, 0.4) is 0 Å². The number of nitrogens with one attached hydrogen (secondary N) is 1. The minimum Gasteiger partial charge on any atom is -0.333 e. The highest BCUT2D eigenvalue weighted by atomic mass is 16.2. The average Bonchev–Trinajstić information content (AvgIpc) is 3.22. The molecule has 0 aliphatic carbocycles. The molecule has 3 rings (SSSR count). The van der Waals surface area contributed by atoms with E-state index >= 15 is 0 Å². The van der Waals surface area contributed by atoms with Crippen LogP contribution in [0, 0.1) is 13.8 Å². The predicted molar refractivity (Wildman–Crippen MR) is 152 cm³/mol. The number of para-hydroxylation sites is 1. The number of aromatic nitrogens is 2. The van der Waals surface area contributed by atoms with Gasteiger partial charge in [0, 0.05) is 18.5 Å². The van der Waals surface area contributed by atoms with Gasteiger partial charge < -0.3 is 10.2 Å². The number of amides is 2. The lowest BCUT2D eigenvalue weighted by atomic mass is 10.1. The van der Waals surface area contributed by atoms with E-state index in [0.29, 0.717) is 18.8 Å². The fourth-order valence-electron chi connectivity index (χ4n) is 4.59. The molecule has 3 aromatic rings. The highest BCUT2D eigenvalue weighted by molar-refractivity contribution is 5.98. The lowest BCUT2D eigenvalue weighted by Gasteiger charge is -2.22. The largest absolute Gasteiger partial charge is 0.333 e. The van der Waals surface area contributed by atoms with Crippen molar-refractivity contribution in [3.63, 3.8) is 0 Å². The maximum absolute atomic E-state index is 13.4. The van der Waals surface area contributed by atoms with Crippen molar-refractivity contribution in [1.29, 1.82) is 0 Å². The molecule has 2 aromatic carbocycles. The van der Waals surface area contributed by atoms with Gasteiger partial charge in [-0.05, 0) is 43.9 Å². The van der Waals surface area contributed by atoms with Gasteiger partial charge in [0.2, 0.25) is 11.8 Å². The molecule has 0 spiro atoms. The Morgan fingerprint density at radius 3 is 2.24 bits per heavy atom. The molecule has 2 amide bonds. The number of hydrogen-bond acceptors (Lipinski definition) is 3. The molecule has 1 N–H and O–H groups in total. The molecule has 1 aromatic heterocycles. The van der Waals surface area contributed by atoms with Crippen LogP contribution in [0.25, 0.3) is 16.8 Å². The minimum absolute atomic E-state index is 0.0417. The predicted octanol–water partition coefficient (Wildman–Crippen LogP) is 7.08. The Hall–Kier alpha value is -3.41. The molecule has 6 heteroatoms. The molecule has 37 heavy (non-hydrogen) atoms. The lowest BCUT2D eigenvalue weighted by molar-refractivity contribution is -0.134. The number of rotatable bonds is 14. The standard InChI is InChI=1S/C31H42N4O2/c1-5-7-9-10-14-21-29(37)34(22-8-6-2)23-28(36)32-31-30(26-18-12-11-13-19-26)25(4)33-35(31)27-20-16-15-17-24(27)3/h11-13,15-20H,5-10,14,21-23H2,1-4H3,(H,32,36). The van der Waals surface area contributed by atoms with Crippen LogP contribution in [0.4, 0.5) is 5.82 Å². The summed E-state index contributed by atoms with van der Waals surface area (Å²) >= 11 is 0. The van der Waals surface area contributed by atoms with Gasteiger partial charge in [-0.15, -0.1) is 0 Å². The molecule has 0 saturated heterocycles. The van der Waals surface area contributed by atoms with Crippen LogP contribution in [0.1, 0.15) is 76.5 Å². The third-order valence-corrected chi connectivity index (χ3v) is 6.69. The molecule has 198 valence electrons. The van der Waals surface area contributed by atoms with Gasteiger partial charge in [-0.25, -0.2) is 4.68 Å². The van der Waals surface area contributed by atoms with Gasteiger partial charge in [-0.1, -0.05) is 94.5 Å². The van der Waals surface area contributed by atoms with E-state index in [0.717, 1.165) is 60.2 Å². The first-order valence-corrected chi connectivity index (χ1v) is 13.7. The van der Waals surface area contributed by atoms with Crippen molar-refractivity contribution < 1.29 is 9.59 Å². The quantitative estimate of drug-likeness (QED) is 0.239. The summed E-state index contributed by atoms with van der Waals surface area (Å²) in [7, 11) is 0. The monoisotopic (exact) mass is 502 g/mol. The van der Waals surface area contributed by atoms with Crippen LogP contribution >= 0.6 is 0 Å². The van der Waals surface area contributed by atoms with Crippen molar-refractivity contribution in [2.75, 3.05) is 18.4 Å². The van der Waals surface area contributed by atoms with Gasteiger partial charge in [0.1, 0.15) is 5.82 Å². The maximum atomic E-state index is 13.4. The van der Waals surface area contributed by atoms with Crippen molar-refractivity contribution >= 4 is 17.6 Å². The SMILES string of the molecule is CCCCCCCC(=O)N(CCCC)CC(=O)Nc1c(-c2ccccc2)c(C)nn1-c1ccccc1C. The third kappa shape index (κ3) is 7.78. The van der Waals surface area contributed by atoms with Crippen molar-refractivity contribution in [3.8, 4) is 16.8 Å². The Labute approximate surface area is 222 Å². The Morgan fingerprint density at radius 1 is 0.865 bits per heavy atom. The fraction of sp³-hybridized carbons (Fsp3) is 0.452. The van der Waals surface area contributed by atoms with Gasteiger partial charge in [-0.2, -0.15) is 5.10 Å². The van der Waals surface area contributed by atoms with Gasteiger partial charge in [0.05, 0.1) is 17.9 Å². The zero-order valence-corrected chi connectivity index (χ0v) is 22.9. The van der Waals surface area contributed by atoms with Crippen LogP contribution in [-0.4, -0.2) is 39.6 Å². The molecule has 0 aliphatic heterocycles. The highest BCUT2D eigenvalue weighted by Crippen LogP contribution is 2.34. The number of aryl methyl sites for hydroxylation is 2. The molecule has 0 aliphatic rings. The summed E-state index contributed by atoms with van der Waals surface area (Å²) in [5, 5.41) is 7.96. The topological polar surface area (TPSA) is 67.2 Å². The van der Waals surface area contributed by atoms with Gasteiger partial charge >= 0.3 is 0 Å². The molecule has 0 fully saturated rings. The number of carbonyl (C=O) groups excluding carboxylic acids is 2. The molecular formula is C31H42N4O2. The highest BCUT2D eigenvalue weighted by Gasteiger charge is 2.23. The average molecular weight is 503 g/mol. The number of benzene rings is 2. The summed E-state index contributed by atoms with van der Waals surface area (Å²) in [6.45, 7) is 8.92. The van der Waals surface area contributed by atoms with Crippen molar-refractivity contribution in [1.82, 2.24) is 14.7 Å². The van der Waals surface area contributed by atoms with Crippen molar-refractivity contribution in [2.24, 2.45) is 0 Å². The van der Waals surface area contributed by atoms with Crippen molar-refractivity contribution in [2.45, 2.75) is 79.1 Å². The first kappa shape index (κ1) is 28.2. The summed E-state index contributed by atoms with van der Waals surface area (Å²) < 4.78 is 1.82. The molecular weight excluding hydrogens is 460 g/mol. The molecule has 0 saturated carbocycles. The Morgan fingerprint density at radius 2 is 1.54 bits per heavy atom. The zero-order valence-electron chi connectivity index (χ0n) is 22.9. The number of carbonyl (C=O) groups is 2. The van der Waals surface area contributed by atoms with Crippen LogP contribution < -0.4 is 5.32 Å². The van der Waals surface area contributed by atoms with E-state index < -0.39 is 0 Å². The Kier molecular flexibility index (Phi) is 10.9. The summed E-state index contributed by atoms with van der Waals surface area (Å²) in [5.41, 5.74) is 4.67. The van der Waals surface area contributed by atoms with Crippen LogP contribution in [0.2, 0.25) is 0 Å². The number of unbranched alkanes of at least 4 members (excludes halogenated alkanes) is 5. The molecule has 0 atom stereocenters. The fourth-order valence-corrected chi connectivity index (χ4v) is 4.59. The van der Waals surface area contributed by atoms with Gasteiger partial charge in [-0.3, -0.25) is 9.59 Å². The second kappa shape index (κ2) is 14.4. The first-order valence-electron chi connectivity index (χ1n) is 13.7. The molecule has 0 bridgehead atoms. The number of hydrogen-bond donors (Lipinski definition) is 1. The molecule has 0 unspecified atom stereocenters. The van der Waals surface area contributed by atoms with E-state index in [2.05, 4.69) is 19.2 Å². The van der Waals surface area contributed by atoms with Crippen LogP contribution in [0.15, 0.2) is 54.6 Å². The molecule has 6 nitrogen and oxygen atoms in total. The Balaban J connectivity index is 1.85. The smallest absolute Gasteiger partial charge is 0.245 e. The summed E-state index contributed by atoms with van der Waals surface area (Å²) in [6, 6.07) is 18.0. The van der Waals surface area contributed by atoms with Crippen molar-refractivity contribution in [3.05, 3.63) is 65.9 Å². The van der Waals surface area contributed by atoms with E-state index in [-0.39, 0.29) is 18.4 Å². The molecule has 0 radical (unpaired) electrons. The van der Waals surface area contributed by atoms with E-state index in [9.17, 15) is 9.59 Å². The first-order chi connectivity index (χ1) is 18.0. The van der Waals surface area contributed by atoms with Crippen LogP contribution in [0.5, 0.6) is 0 Å². The second-order valence-corrected chi connectivity index (χ2v) is 9.75. The van der Waals surface area contributed by atoms with Gasteiger partial charge in [0.15, 0.2) is 0 Å². The Bertz CT molecular complexity index is 1150. The summed E-state index contributed by atoms with van der Waals surface area (Å²) in [5.74, 6) is 0.486. The van der Waals surface area contributed by atoms with Gasteiger partial charge in [0.25, 0.3) is 0 Å². The normalized spacial score (nSPS) is 10.9. The lowest BCUT2D eigenvalue weighted by Crippen LogP contribution is -2.38. The summed E-state index contributed by atoms with van der Waals surface area (Å²) in [6.07, 6.45) is 7.82. The zero-order chi connectivity index (χ0) is 26.6. The summed E-state index contributed by atoms with van der Waals surface area (Å²) in [4.78, 5) is 28.2. The molecule has 1 heterocycles. The second-order valence-electron chi connectivity index (χ2n) is 9.75. The van der Waals surface area contributed by atoms with E-state index in [4.69, 9.17) is 5.10 Å². The number of anilines is 1.